The van der Waals surface area contributed by atoms with Crippen LogP contribution in [0.1, 0.15) is 15.9 Å². The van der Waals surface area contributed by atoms with Gasteiger partial charge in [-0.3, -0.25) is 4.79 Å². The molecular formula is C16H12ClF4NO5S. The number of halogens is 5. The number of alkyl halides is 3. The standard InChI is InChI=1S/C16H12ClF4NO5S/c1-26-13-7-14(12(18)6-9(13)15(23)22-28(2,24)25)27-8-3-4-11(17)10(5-8)16(19,20)21/h3-7H,1-2H3,(H,22,23). The lowest BCUT2D eigenvalue weighted by atomic mass is 10.1. The number of carbonyl (C=O) groups is 1. The highest BCUT2D eigenvalue weighted by atomic mass is 35.5. The largest absolute Gasteiger partial charge is 0.496 e. The minimum absolute atomic E-state index is 0.262. The summed E-state index contributed by atoms with van der Waals surface area (Å²) in [7, 11) is -2.80. The first kappa shape index (κ1) is 21.8. The van der Waals surface area contributed by atoms with Crippen molar-refractivity contribution in [2.45, 2.75) is 6.18 Å². The molecule has 0 fully saturated rings. The average Bonchev–Trinajstić information content (AvgIpc) is 2.55. The van der Waals surface area contributed by atoms with Crippen LogP contribution in [0.15, 0.2) is 30.3 Å². The molecule has 0 saturated carbocycles. The lowest BCUT2D eigenvalue weighted by molar-refractivity contribution is -0.137. The third-order valence-corrected chi connectivity index (χ3v) is 4.13. The van der Waals surface area contributed by atoms with Crippen LogP contribution in [-0.4, -0.2) is 27.7 Å². The van der Waals surface area contributed by atoms with Gasteiger partial charge in [0.25, 0.3) is 5.91 Å². The van der Waals surface area contributed by atoms with Gasteiger partial charge in [-0.1, -0.05) is 11.6 Å². The number of nitrogens with one attached hydrogen (secondary N) is 1. The fourth-order valence-electron chi connectivity index (χ4n) is 2.09. The molecule has 152 valence electrons. The minimum atomic E-state index is -4.75. The molecule has 6 nitrogen and oxygen atoms in total. The van der Waals surface area contributed by atoms with Crippen molar-refractivity contribution >= 4 is 27.5 Å². The molecule has 12 heteroatoms. The van der Waals surface area contributed by atoms with Gasteiger partial charge in [0.15, 0.2) is 11.6 Å². The van der Waals surface area contributed by atoms with Crippen LogP contribution in [-0.2, 0) is 16.2 Å². The normalized spacial score (nSPS) is 11.8. The van der Waals surface area contributed by atoms with Gasteiger partial charge in [-0.2, -0.15) is 13.2 Å². The summed E-state index contributed by atoms with van der Waals surface area (Å²) < 4.78 is 87.0. The summed E-state index contributed by atoms with van der Waals surface area (Å²) in [5.41, 5.74) is -1.63. The Kier molecular flexibility index (Phi) is 6.09. The van der Waals surface area contributed by atoms with Crippen molar-refractivity contribution in [3.05, 3.63) is 52.3 Å². The van der Waals surface area contributed by atoms with E-state index in [1.54, 1.807) is 4.72 Å². The first-order valence-electron chi connectivity index (χ1n) is 7.26. The Morgan fingerprint density at radius 1 is 1.14 bits per heavy atom. The van der Waals surface area contributed by atoms with Crippen molar-refractivity contribution in [1.29, 1.82) is 0 Å². The number of amides is 1. The number of methoxy groups -OCH3 is 1. The van der Waals surface area contributed by atoms with E-state index >= 15 is 0 Å². The third kappa shape index (κ3) is 5.26. The van der Waals surface area contributed by atoms with Gasteiger partial charge in [0.1, 0.15) is 11.5 Å². The molecule has 0 saturated heterocycles. The predicted octanol–water partition coefficient (Wildman–Crippen LogP) is 3.99. The molecule has 0 aromatic heterocycles. The number of ether oxygens (including phenoxy) is 2. The maximum Gasteiger partial charge on any atom is 0.417 e. The topological polar surface area (TPSA) is 81.7 Å². The summed E-state index contributed by atoms with van der Waals surface area (Å²) in [5.74, 6) is -3.48. The van der Waals surface area contributed by atoms with Gasteiger partial charge in [-0.25, -0.2) is 17.5 Å². The summed E-state index contributed by atoms with van der Waals surface area (Å²) in [6.07, 6.45) is -4.02. The van der Waals surface area contributed by atoms with Crippen molar-refractivity contribution in [1.82, 2.24) is 4.72 Å². The van der Waals surface area contributed by atoms with E-state index in [4.69, 9.17) is 21.1 Å². The zero-order valence-electron chi connectivity index (χ0n) is 14.2. The van der Waals surface area contributed by atoms with Crippen LogP contribution in [0.5, 0.6) is 17.2 Å². The second-order valence-corrected chi connectivity index (χ2v) is 7.58. The zero-order chi connectivity index (χ0) is 21.3. The van der Waals surface area contributed by atoms with E-state index in [2.05, 4.69) is 0 Å². The van der Waals surface area contributed by atoms with E-state index in [1.807, 2.05) is 0 Å². The van der Waals surface area contributed by atoms with Crippen LogP contribution in [0.4, 0.5) is 17.6 Å². The molecule has 0 heterocycles. The van der Waals surface area contributed by atoms with Gasteiger partial charge in [0.2, 0.25) is 10.0 Å². The van der Waals surface area contributed by atoms with E-state index in [0.717, 1.165) is 31.6 Å². The summed E-state index contributed by atoms with van der Waals surface area (Å²) in [6.45, 7) is 0. The Hall–Kier alpha value is -2.53. The molecule has 0 atom stereocenters. The first-order chi connectivity index (χ1) is 12.8. The summed E-state index contributed by atoms with van der Waals surface area (Å²) >= 11 is 5.51. The molecular weight excluding hydrogens is 430 g/mol. The van der Waals surface area contributed by atoms with E-state index in [1.165, 1.54) is 0 Å². The number of hydrogen-bond acceptors (Lipinski definition) is 5. The maximum atomic E-state index is 14.3. The number of hydrogen-bond donors (Lipinski definition) is 1. The lowest BCUT2D eigenvalue weighted by Gasteiger charge is -2.14. The Morgan fingerprint density at radius 3 is 2.32 bits per heavy atom. The fourth-order valence-corrected chi connectivity index (χ4v) is 2.77. The van der Waals surface area contributed by atoms with Crippen LogP contribution < -0.4 is 14.2 Å². The van der Waals surface area contributed by atoms with Crippen LogP contribution in [0.3, 0.4) is 0 Å². The van der Waals surface area contributed by atoms with Gasteiger partial charge in [0.05, 0.1) is 29.5 Å². The average molecular weight is 442 g/mol. The van der Waals surface area contributed by atoms with Crippen molar-refractivity contribution < 1.29 is 40.2 Å². The van der Waals surface area contributed by atoms with Crippen LogP contribution >= 0.6 is 11.6 Å². The summed E-state index contributed by atoms with van der Waals surface area (Å²) in [5, 5.41) is -0.564. The Morgan fingerprint density at radius 2 is 1.79 bits per heavy atom. The van der Waals surface area contributed by atoms with Crippen LogP contribution in [0, 0.1) is 5.82 Å². The van der Waals surface area contributed by atoms with E-state index in [9.17, 15) is 30.8 Å². The van der Waals surface area contributed by atoms with Crippen LogP contribution in [0.25, 0.3) is 0 Å². The van der Waals surface area contributed by atoms with Crippen molar-refractivity contribution in [3.8, 4) is 17.2 Å². The lowest BCUT2D eigenvalue weighted by Crippen LogP contribution is -2.29. The Balaban J connectivity index is 2.42. The number of sulfonamides is 1. The molecule has 1 N–H and O–H groups in total. The molecule has 0 aliphatic rings. The highest BCUT2D eigenvalue weighted by Gasteiger charge is 2.33. The first-order valence-corrected chi connectivity index (χ1v) is 9.53. The van der Waals surface area contributed by atoms with Crippen molar-refractivity contribution in [2.75, 3.05) is 13.4 Å². The predicted molar refractivity (Wildman–Crippen MR) is 91.8 cm³/mol. The molecule has 0 spiro atoms. The molecule has 28 heavy (non-hydrogen) atoms. The number of carbonyl (C=O) groups excluding carboxylic acids is 1. The summed E-state index contributed by atoms with van der Waals surface area (Å²) in [4.78, 5) is 11.9. The Labute approximate surface area is 162 Å². The van der Waals surface area contributed by atoms with E-state index in [-0.39, 0.29) is 11.5 Å². The van der Waals surface area contributed by atoms with Gasteiger partial charge < -0.3 is 9.47 Å². The second-order valence-electron chi connectivity index (χ2n) is 5.43. The molecule has 2 aromatic carbocycles. The molecule has 2 rings (SSSR count). The van der Waals surface area contributed by atoms with Gasteiger partial charge in [0, 0.05) is 6.07 Å². The zero-order valence-corrected chi connectivity index (χ0v) is 15.8. The number of benzene rings is 2. The van der Waals surface area contributed by atoms with Gasteiger partial charge >= 0.3 is 6.18 Å². The quantitative estimate of drug-likeness (QED) is 0.710. The molecule has 0 bridgehead atoms. The van der Waals surface area contributed by atoms with E-state index in [0.29, 0.717) is 12.1 Å². The highest BCUT2D eigenvalue weighted by molar-refractivity contribution is 7.89. The Bertz CT molecular complexity index is 1020. The van der Waals surface area contributed by atoms with Gasteiger partial charge in [-0.15, -0.1) is 0 Å². The smallest absolute Gasteiger partial charge is 0.417 e. The molecule has 0 aliphatic heterocycles. The molecule has 0 unspecified atom stereocenters. The molecule has 1 amide bonds. The fraction of sp³-hybridized carbons (Fsp3) is 0.188. The van der Waals surface area contributed by atoms with Crippen molar-refractivity contribution in [2.24, 2.45) is 0 Å². The highest BCUT2D eigenvalue weighted by Crippen LogP contribution is 2.38. The van der Waals surface area contributed by atoms with Crippen molar-refractivity contribution in [3.63, 3.8) is 0 Å². The van der Waals surface area contributed by atoms with Gasteiger partial charge in [-0.05, 0) is 24.3 Å². The third-order valence-electron chi connectivity index (χ3n) is 3.25. The SMILES string of the molecule is COc1cc(Oc2ccc(Cl)c(C(F)(F)F)c2)c(F)cc1C(=O)NS(C)(=O)=O. The molecule has 2 aromatic rings. The van der Waals surface area contributed by atoms with E-state index < -0.39 is 49.8 Å². The number of rotatable bonds is 5. The summed E-state index contributed by atoms with van der Waals surface area (Å²) in [6, 6.07) is 4.14. The molecule has 0 aliphatic carbocycles. The van der Waals surface area contributed by atoms with Crippen LogP contribution in [0.2, 0.25) is 5.02 Å². The maximum absolute atomic E-state index is 14.3. The minimum Gasteiger partial charge on any atom is -0.496 e. The molecule has 0 radical (unpaired) electrons. The monoisotopic (exact) mass is 441 g/mol. The second kappa shape index (κ2) is 7.84.